The summed E-state index contributed by atoms with van der Waals surface area (Å²) in [4.78, 5) is 0. The summed E-state index contributed by atoms with van der Waals surface area (Å²) in [5.41, 5.74) is 9.52. The van der Waals surface area contributed by atoms with E-state index in [1.165, 1.54) is 21.1 Å². The van der Waals surface area contributed by atoms with Crippen molar-refractivity contribution in [1.29, 1.82) is 0 Å². The molecule has 3 aromatic carbocycles. The summed E-state index contributed by atoms with van der Waals surface area (Å²) in [6.07, 6.45) is 0. The van der Waals surface area contributed by atoms with Gasteiger partial charge in [-0.25, -0.2) is 0 Å². The van der Waals surface area contributed by atoms with Crippen molar-refractivity contribution in [3.05, 3.63) is 121 Å². The fraction of sp³-hybridized carbons (Fsp3) is 0.529. The average molecular weight is 1080 g/mol. The Bertz CT molecular complexity index is 2000. The van der Waals surface area contributed by atoms with Gasteiger partial charge < -0.3 is 0 Å². The summed E-state index contributed by atoms with van der Waals surface area (Å²) in [5, 5.41) is 1.87. The number of rotatable bonds is 13. The molecule has 0 bridgehead atoms. The predicted octanol–water partition coefficient (Wildman–Crippen LogP) is 12.3. The van der Waals surface area contributed by atoms with E-state index in [2.05, 4.69) is 249 Å². The molecule has 14 heteroatoms. The number of hydrogen-bond acceptors (Lipinski definition) is 1. The van der Waals surface area contributed by atoms with Crippen LogP contribution in [0, 0.1) is 33.3 Å². The maximum absolute atomic E-state index is 8.17. The molecular formula is C51H80CrGeO6Si6. The monoisotopic (exact) mass is 1080 g/mol. The first-order chi connectivity index (χ1) is 29.7. The fourth-order valence-corrected chi connectivity index (χ4v) is 64.1. The van der Waals surface area contributed by atoms with Crippen LogP contribution in [0.25, 0.3) is 0 Å². The van der Waals surface area contributed by atoms with Gasteiger partial charge in [0.05, 0.1) is 0 Å². The number of hydrogen-bond donors (Lipinski definition) is 0. The van der Waals surface area contributed by atoms with Crippen LogP contribution in [-0.2, 0) is 42.9 Å². The summed E-state index contributed by atoms with van der Waals surface area (Å²) >= 11 is -0.513. The molecule has 1 heterocycles. The second-order valence-electron chi connectivity index (χ2n) is 24.3. The van der Waals surface area contributed by atoms with E-state index in [4.69, 9.17) is 27.0 Å². The third kappa shape index (κ3) is 15.3. The minimum absolute atomic E-state index is 0.390. The van der Waals surface area contributed by atoms with Crippen LogP contribution in [0.3, 0.4) is 0 Å². The van der Waals surface area contributed by atoms with Crippen LogP contribution >= 0.6 is 0 Å². The molecule has 0 amide bonds. The third-order valence-corrected chi connectivity index (χ3v) is 50.0. The van der Waals surface area contributed by atoms with Crippen LogP contribution < -0.4 is 13.2 Å². The molecular weight excluding hydrogens is 1000 g/mol. The molecule has 0 aromatic heterocycles. The van der Waals surface area contributed by atoms with Gasteiger partial charge in [0.15, 0.2) is 0 Å². The van der Waals surface area contributed by atoms with Crippen molar-refractivity contribution in [2.45, 2.75) is 173 Å². The van der Waals surface area contributed by atoms with Gasteiger partial charge in [-0.15, -0.1) is 0 Å². The topological polar surface area (TPSA) is 109 Å². The van der Waals surface area contributed by atoms with Crippen LogP contribution in [0.1, 0.15) is 88.4 Å². The van der Waals surface area contributed by atoms with Crippen molar-refractivity contribution < 1.29 is 42.9 Å². The van der Waals surface area contributed by atoms with E-state index < -0.39 is 62.0 Å². The fourth-order valence-electron chi connectivity index (χ4n) is 12.2. The Morgan fingerprint density at radius 3 is 1.02 bits per heavy atom. The number of benzene rings is 3. The van der Waals surface area contributed by atoms with Crippen molar-refractivity contribution in [1.82, 2.24) is 0 Å². The Morgan fingerprint density at radius 1 is 0.431 bits per heavy atom. The van der Waals surface area contributed by atoms with Gasteiger partial charge in [0.25, 0.3) is 0 Å². The molecule has 354 valence electrons. The van der Waals surface area contributed by atoms with Gasteiger partial charge in [-0.1, -0.05) is 0 Å². The van der Waals surface area contributed by atoms with Gasteiger partial charge in [-0.3, -0.25) is 0 Å². The zero-order valence-corrected chi connectivity index (χ0v) is 53.3. The SMILES string of the molecule is CC(C)c1cccc(C(C)C)[c]1[Ge]1([c]2c(C([Si](C)(C)C)[Si](C)(C)C)cc(C([Si](C)(C)C)[Si](C)(C)C)cc2C([Si](C)(C)C)[Si](C)(C)C)[O][C](=[Cr])c2cccc[c]21.[C-]#[O+].[C-]#[O+].[C-]#[O+].[C-]#[O+].[C-]#[O+]. The molecule has 0 saturated carbocycles. The standard InChI is InChI=1S/C46H80GeOSi6.5CO.Cr/c1-33(2)37-27-25-28-38(34(3)4)42(37)47(41-29-24-23-26-35(41)32-48-47)43-39(45(51(11,12)13)52(14,15)16)30-36(44(49(5,6)7)50(8,9)10)31-40(43)46(53(17,18)19)54(20,21)22;5*1-2;/h23-31,33-34,44-46H,1-22H3;;;;;;. The Morgan fingerprint density at radius 2 is 0.723 bits per heavy atom. The molecule has 6 nitrogen and oxygen atoms in total. The second-order valence-corrected chi connectivity index (χ2v) is 65.0. The van der Waals surface area contributed by atoms with Crippen molar-refractivity contribution in [3.8, 4) is 0 Å². The minimum atomic E-state index is -4.07. The zero-order chi connectivity index (χ0) is 52.2. The van der Waals surface area contributed by atoms with E-state index in [1.807, 2.05) is 0 Å². The van der Waals surface area contributed by atoms with Gasteiger partial charge in [-0.2, -0.15) is 0 Å². The molecule has 0 saturated heterocycles. The molecule has 4 rings (SSSR count). The first kappa shape index (κ1) is 65.6. The van der Waals surface area contributed by atoms with Gasteiger partial charge >= 0.3 is 417 Å². The third-order valence-electron chi connectivity index (χ3n) is 12.2. The Balaban J connectivity index is 0. The predicted molar refractivity (Wildman–Crippen MR) is 285 cm³/mol. The van der Waals surface area contributed by atoms with Crippen LogP contribution in [-0.4, -0.2) is 66.6 Å². The zero-order valence-electron chi connectivity index (χ0n) is 43.9. The van der Waals surface area contributed by atoms with Gasteiger partial charge in [0.1, 0.15) is 0 Å². The van der Waals surface area contributed by atoms with E-state index in [9.17, 15) is 0 Å². The molecule has 3 aromatic rings. The van der Waals surface area contributed by atoms with E-state index in [1.54, 1.807) is 25.5 Å². The van der Waals surface area contributed by atoms with Crippen LogP contribution in [0.2, 0.25) is 118 Å². The van der Waals surface area contributed by atoms with E-state index in [0.717, 1.165) is 4.57 Å². The van der Waals surface area contributed by atoms with Crippen molar-refractivity contribution in [2.24, 2.45) is 0 Å². The van der Waals surface area contributed by atoms with E-state index in [0.29, 0.717) is 27.3 Å². The normalized spacial score (nSPS) is 15.2. The Hall–Kier alpha value is -1.43. The van der Waals surface area contributed by atoms with Crippen LogP contribution in [0.15, 0.2) is 54.6 Å². The Kier molecular flexibility index (Phi) is 26.2. The summed E-state index contributed by atoms with van der Waals surface area (Å²) in [6.45, 7) is 80.6. The summed E-state index contributed by atoms with van der Waals surface area (Å²) in [7, 11) is -10.4. The average Bonchev–Trinajstić information content (AvgIpc) is 3.47. The molecule has 1 aliphatic heterocycles. The van der Waals surface area contributed by atoms with E-state index in [-0.39, 0.29) is 0 Å². The maximum atomic E-state index is 8.17. The molecule has 0 N–H and O–H groups in total. The molecule has 1 unspecified atom stereocenters. The molecule has 0 radical (unpaired) electrons. The molecule has 1 aliphatic rings. The van der Waals surface area contributed by atoms with Crippen molar-refractivity contribution in [2.75, 3.05) is 0 Å². The van der Waals surface area contributed by atoms with Crippen molar-refractivity contribution in [3.63, 3.8) is 0 Å². The first-order valence-corrected chi connectivity index (χ1v) is 48.4. The first-order valence-electron chi connectivity index (χ1n) is 22.3. The van der Waals surface area contributed by atoms with Crippen LogP contribution in [0.4, 0.5) is 0 Å². The number of fused-ring (bicyclic) bond motifs is 1. The molecule has 0 aliphatic carbocycles. The van der Waals surface area contributed by atoms with Crippen LogP contribution in [0.5, 0.6) is 0 Å². The molecule has 1 atom stereocenters. The van der Waals surface area contributed by atoms with Crippen molar-refractivity contribution >= 4 is 79.8 Å². The van der Waals surface area contributed by atoms with Gasteiger partial charge in [-0.05, 0) is 0 Å². The van der Waals surface area contributed by atoms with E-state index >= 15 is 0 Å². The molecule has 0 spiro atoms. The summed E-state index contributed by atoms with van der Waals surface area (Å²) < 4.78 is 51.5. The quantitative estimate of drug-likeness (QED) is 0.0948. The molecule has 65 heavy (non-hydrogen) atoms. The molecule has 0 fully saturated rings. The van der Waals surface area contributed by atoms with Gasteiger partial charge in [0, 0.05) is 0 Å². The van der Waals surface area contributed by atoms with Gasteiger partial charge in [0.2, 0.25) is 0 Å². The summed E-state index contributed by atoms with van der Waals surface area (Å²) in [6, 6.07) is 22.6. The second kappa shape index (κ2) is 26.0. The summed E-state index contributed by atoms with van der Waals surface area (Å²) in [5.74, 6) is 0.779. The Labute approximate surface area is 413 Å².